The summed E-state index contributed by atoms with van der Waals surface area (Å²) >= 11 is 1.10. The highest BCUT2D eigenvalue weighted by atomic mass is 32.1. The Bertz CT molecular complexity index is 486. The zero-order chi connectivity index (χ0) is 13.7. The normalized spacial score (nSPS) is 13.1. The molecule has 0 spiro atoms. The Labute approximate surface area is 105 Å². The van der Waals surface area contributed by atoms with Gasteiger partial charge in [0.1, 0.15) is 18.3 Å². The van der Waals surface area contributed by atoms with E-state index in [9.17, 15) is 9.59 Å². The minimum Gasteiger partial charge on any atom is -0.480 e. The molecule has 0 radical (unpaired) electrons. The van der Waals surface area contributed by atoms with Crippen molar-refractivity contribution in [2.24, 2.45) is 16.6 Å². The third-order valence-electron chi connectivity index (χ3n) is 1.73. The van der Waals surface area contributed by atoms with E-state index in [1.165, 1.54) is 5.38 Å². The first-order valence-corrected chi connectivity index (χ1v) is 5.49. The topological polar surface area (TPSA) is 167 Å². The zero-order valence-electron chi connectivity index (χ0n) is 9.07. The summed E-state index contributed by atoms with van der Waals surface area (Å²) in [5.74, 6) is -2.12. The molecule has 7 N–H and O–H groups in total. The number of primary amides is 1. The molecule has 10 heteroatoms. The van der Waals surface area contributed by atoms with Crippen LogP contribution in [0.25, 0.3) is 0 Å². The van der Waals surface area contributed by atoms with Gasteiger partial charge in [0.05, 0.1) is 0 Å². The number of hydrogen-bond acceptors (Lipinski definition) is 8. The number of nitrogens with two attached hydrogens (primary N) is 3. The number of carbonyl (C=O) groups is 2. The van der Waals surface area contributed by atoms with Crippen molar-refractivity contribution in [1.29, 1.82) is 0 Å². The quantitative estimate of drug-likeness (QED) is 0.355. The first-order valence-electron chi connectivity index (χ1n) is 4.61. The molecule has 1 aromatic rings. The van der Waals surface area contributed by atoms with E-state index < -0.39 is 24.5 Å². The zero-order valence-corrected chi connectivity index (χ0v) is 9.88. The van der Waals surface area contributed by atoms with E-state index in [2.05, 4.69) is 15.0 Å². The second-order valence-corrected chi connectivity index (χ2v) is 4.01. The van der Waals surface area contributed by atoms with Gasteiger partial charge in [-0.15, -0.1) is 11.3 Å². The van der Waals surface area contributed by atoms with Gasteiger partial charge in [-0.2, -0.15) is 0 Å². The SMILES string of the molecule is NC(=O)C(=NOCC(N)C(=O)O)c1csc(N)n1. The maximum Gasteiger partial charge on any atom is 0.324 e. The molecule has 1 amide bonds. The van der Waals surface area contributed by atoms with Gasteiger partial charge in [-0.3, -0.25) is 9.59 Å². The van der Waals surface area contributed by atoms with E-state index in [-0.39, 0.29) is 16.5 Å². The molecule has 9 nitrogen and oxygen atoms in total. The number of hydrogen-bond donors (Lipinski definition) is 4. The van der Waals surface area contributed by atoms with Crippen molar-refractivity contribution in [1.82, 2.24) is 4.98 Å². The molecule has 98 valence electrons. The molecule has 0 aliphatic carbocycles. The molecule has 0 aliphatic heterocycles. The summed E-state index contributed by atoms with van der Waals surface area (Å²) in [6.45, 7) is -0.397. The van der Waals surface area contributed by atoms with Crippen molar-refractivity contribution in [2.75, 3.05) is 12.3 Å². The second kappa shape index (κ2) is 5.93. The maximum absolute atomic E-state index is 11.1. The number of carboxylic acid groups (broad SMARTS) is 1. The number of rotatable bonds is 6. The molecule has 0 fully saturated rings. The predicted octanol–water partition coefficient (Wildman–Crippen LogP) is -1.66. The number of nitrogens with zero attached hydrogens (tertiary/aromatic N) is 2. The molecule has 0 saturated carbocycles. The van der Waals surface area contributed by atoms with E-state index in [0.29, 0.717) is 0 Å². The molecule has 1 heterocycles. The fraction of sp³-hybridized carbons (Fsp3) is 0.250. The number of carbonyl (C=O) groups excluding carboxylic acids is 1. The Morgan fingerprint density at radius 1 is 1.61 bits per heavy atom. The van der Waals surface area contributed by atoms with Gasteiger partial charge in [-0.1, -0.05) is 5.16 Å². The number of oxime groups is 1. The van der Waals surface area contributed by atoms with Crippen LogP contribution in [0.1, 0.15) is 5.69 Å². The van der Waals surface area contributed by atoms with Gasteiger partial charge in [0, 0.05) is 5.38 Å². The van der Waals surface area contributed by atoms with E-state index in [1.807, 2.05) is 0 Å². The molecule has 1 aromatic heterocycles. The molecule has 18 heavy (non-hydrogen) atoms. The van der Waals surface area contributed by atoms with E-state index >= 15 is 0 Å². The number of amides is 1. The van der Waals surface area contributed by atoms with Crippen molar-refractivity contribution in [3.05, 3.63) is 11.1 Å². The highest BCUT2D eigenvalue weighted by Gasteiger charge is 2.16. The Kier molecular flexibility index (Phi) is 4.57. The second-order valence-electron chi connectivity index (χ2n) is 3.12. The fourth-order valence-electron chi connectivity index (χ4n) is 0.868. The van der Waals surface area contributed by atoms with Gasteiger partial charge in [-0.05, 0) is 0 Å². The number of thiazole rings is 1. The summed E-state index contributed by atoms with van der Waals surface area (Å²) in [6.07, 6.45) is 0. The van der Waals surface area contributed by atoms with Crippen LogP contribution >= 0.6 is 11.3 Å². The third kappa shape index (κ3) is 3.68. The lowest BCUT2D eigenvalue weighted by Gasteiger charge is -2.04. The lowest BCUT2D eigenvalue weighted by molar-refractivity contribution is -0.140. The summed E-state index contributed by atoms with van der Waals surface area (Å²) in [5, 5.41) is 13.6. The van der Waals surface area contributed by atoms with E-state index in [0.717, 1.165) is 11.3 Å². The van der Waals surface area contributed by atoms with Crippen molar-refractivity contribution in [2.45, 2.75) is 6.04 Å². The monoisotopic (exact) mass is 273 g/mol. The fourth-order valence-corrected chi connectivity index (χ4v) is 1.42. The summed E-state index contributed by atoms with van der Waals surface area (Å²) < 4.78 is 0. The first kappa shape index (κ1) is 13.9. The van der Waals surface area contributed by atoms with Crippen LogP contribution in [-0.4, -0.2) is 40.3 Å². The van der Waals surface area contributed by atoms with Crippen LogP contribution in [0.2, 0.25) is 0 Å². The molecular weight excluding hydrogens is 262 g/mol. The Balaban J connectivity index is 2.74. The summed E-state index contributed by atoms with van der Waals surface area (Å²) in [4.78, 5) is 30.0. The third-order valence-corrected chi connectivity index (χ3v) is 2.40. The van der Waals surface area contributed by atoms with Crippen molar-refractivity contribution in [3.8, 4) is 0 Å². The summed E-state index contributed by atoms with van der Waals surface area (Å²) in [6, 6.07) is -1.25. The lowest BCUT2D eigenvalue weighted by atomic mass is 10.3. The Morgan fingerprint density at radius 2 is 2.28 bits per heavy atom. The standard InChI is InChI=1S/C8H11N5O4S/c9-3(7(15)16)1-17-13-5(6(10)14)4-2-18-8(11)12-4/h2-3H,1,9H2,(H2,10,14)(H2,11,12)(H,15,16). The summed E-state index contributed by atoms with van der Waals surface area (Å²) in [5.41, 5.74) is 15.6. The molecule has 0 aromatic carbocycles. The van der Waals surface area contributed by atoms with Crippen molar-refractivity contribution >= 4 is 34.1 Å². The number of aliphatic carboxylic acids is 1. The largest absolute Gasteiger partial charge is 0.480 e. The highest BCUT2D eigenvalue weighted by Crippen LogP contribution is 2.12. The Hall–Kier alpha value is -2.20. The van der Waals surface area contributed by atoms with Gasteiger partial charge in [0.25, 0.3) is 5.91 Å². The molecule has 0 saturated heterocycles. The maximum atomic E-state index is 11.1. The van der Waals surface area contributed by atoms with Crippen molar-refractivity contribution < 1.29 is 19.5 Å². The highest BCUT2D eigenvalue weighted by molar-refractivity contribution is 7.13. The van der Waals surface area contributed by atoms with Gasteiger partial charge in [0.15, 0.2) is 10.8 Å². The first-order chi connectivity index (χ1) is 8.41. The molecule has 1 atom stereocenters. The number of nitrogen functional groups attached to an aromatic ring is 1. The average Bonchev–Trinajstić information content (AvgIpc) is 2.69. The van der Waals surface area contributed by atoms with Crippen LogP contribution in [0.4, 0.5) is 5.13 Å². The predicted molar refractivity (Wildman–Crippen MR) is 63.8 cm³/mol. The number of aromatic nitrogens is 1. The number of carboxylic acids is 1. The van der Waals surface area contributed by atoms with Crippen LogP contribution < -0.4 is 17.2 Å². The lowest BCUT2D eigenvalue weighted by Crippen LogP contribution is -2.34. The van der Waals surface area contributed by atoms with Crippen molar-refractivity contribution in [3.63, 3.8) is 0 Å². The van der Waals surface area contributed by atoms with Crippen LogP contribution in [0.5, 0.6) is 0 Å². The molecule has 1 unspecified atom stereocenters. The summed E-state index contributed by atoms with van der Waals surface area (Å²) in [7, 11) is 0. The molecule has 0 bridgehead atoms. The minimum atomic E-state index is -1.25. The van der Waals surface area contributed by atoms with Crippen LogP contribution in [0, 0.1) is 0 Å². The average molecular weight is 273 g/mol. The van der Waals surface area contributed by atoms with Gasteiger partial charge in [0.2, 0.25) is 0 Å². The van der Waals surface area contributed by atoms with Gasteiger partial charge in [-0.25, -0.2) is 4.98 Å². The molecule has 0 aliphatic rings. The minimum absolute atomic E-state index is 0.161. The van der Waals surface area contributed by atoms with Gasteiger partial charge >= 0.3 is 5.97 Å². The van der Waals surface area contributed by atoms with Crippen LogP contribution in [0.3, 0.4) is 0 Å². The molecule has 1 rings (SSSR count). The molecular formula is C8H11N5O4S. The van der Waals surface area contributed by atoms with Crippen LogP contribution in [0.15, 0.2) is 10.5 Å². The Morgan fingerprint density at radius 3 is 2.72 bits per heavy atom. The van der Waals surface area contributed by atoms with E-state index in [1.54, 1.807) is 0 Å². The number of anilines is 1. The van der Waals surface area contributed by atoms with Crippen LogP contribution in [-0.2, 0) is 14.4 Å². The van der Waals surface area contributed by atoms with E-state index in [4.69, 9.17) is 22.3 Å². The smallest absolute Gasteiger partial charge is 0.324 e. The van der Waals surface area contributed by atoms with Gasteiger partial charge < -0.3 is 27.1 Å².